The molecular formula is C12H22N2O3. The predicted octanol–water partition coefficient (Wildman–Crippen LogP) is 0.601. The fourth-order valence-corrected chi connectivity index (χ4v) is 2.19. The number of carboxylic acid groups (broad SMARTS) is 1. The molecule has 0 aromatic carbocycles. The lowest BCUT2D eigenvalue weighted by Crippen LogP contribution is -2.40. The van der Waals surface area contributed by atoms with E-state index in [4.69, 9.17) is 5.11 Å². The molecule has 0 bridgehead atoms. The van der Waals surface area contributed by atoms with Crippen molar-refractivity contribution in [3.63, 3.8) is 0 Å². The first kappa shape index (κ1) is 14.0. The molecule has 1 heterocycles. The summed E-state index contributed by atoms with van der Waals surface area (Å²) in [5.74, 6) is -0.346. The molecule has 0 saturated carbocycles. The molecular weight excluding hydrogens is 220 g/mol. The van der Waals surface area contributed by atoms with Crippen LogP contribution in [0.2, 0.25) is 0 Å². The van der Waals surface area contributed by atoms with Gasteiger partial charge in [-0.2, -0.15) is 0 Å². The third-order valence-electron chi connectivity index (χ3n) is 3.40. The molecule has 1 saturated heterocycles. The summed E-state index contributed by atoms with van der Waals surface area (Å²) in [5, 5.41) is 14.5. The zero-order valence-electron chi connectivity index (χ0n) is 10.5. The average molecular weight is 242 g/mol. The highest BCUT2D eigenvalue weighted by molar-refractivity contribution is 5.83. The van der Waals surface area contributed by atoms with E-state index < -0.39 is 12.0 Å². The molecule has 5 nitrogen and oxygen atoms in total. The van der Waals surface area contributed by atoms with Crippen LogP contribution in [0.3, 0.4) is 0 Å². The minimum Gasteiger partial charge on any atom is -0.480 e. The number of hydrogen-bond donors (Lipinski definition) is 3. The van der Waals surface area contributed by atoms with Crippen molar-refractivity contribution in [2.45, 2.75) is 39.2 Å². The van der Waals surface area contributed by atoms with E-state index in [1.165, 1.54) is 6.92 Å². The van der Waals surface area contributed by atoms with Crippen LogP contribution >= 0.6 is 0 Å². The number of nitrogens with one attached hydrogen (secondary N) is 2. The van der Waals surface area contributed by atoms with Crippen LogP contribution < -0.4 is 10.6 Å². The molecule has 1 amide bonds. The number of carbonyl (C=O) groups excluding carboxylic acids is 1. The largest absolute Gasteiger partial charge is 0.480 e. The van der Waals surface area contributed by atoms with Crippen molar-refractivity contribution in [1.82, 2.24) is 10.6 Å². The highest BCUT2D eigenvalue weighted by Crippen LogP contribution is 2.22. The fraction of sp³-hybridized carbons (Fsp3) is 0.833. The van der Waals surface area contributed by atoms with Gasteiger partial charge in [0.25, 0.3) is 0 Å². The molecule has 5 heteroatoms. The summed E-state index contributed by atoms with van der Waals surface area (Å²) in [6.45, 7) is 5.56. The van der Waals surface area contributed by atoms with Gasteiger partial charge in [-0.05, 0) is 44.7 Å². The standard InChI is InChI=1S/C12H22N2O3/c1-8(10-4-3-5-13-7-10)6-11(15)14-9(2)12(16)17/h8-10,13H,3-7H2,1-2H3,(H,14,15)(H,16,17)/t8?,9-,10?/m0/s1. The Morgan fingerprint density at radius 2 is 2.18 bits per heavy atom. The van der Waals surface area contributed by atoms with Gasteiger partial charge in [-0.25, -0.2) is 0 Å². The van der Waals surface area contributed by atoms with Gasteiger partial charge in [0.05, 0.1) is 0 Å². The van der Waals surface area contributed by atoms with E-state index in [0.29, 0.717) is 18.3 Å². The zero-order chi connectivity index (χ0) is 12.8. The fourth-order valence-electron chi connectivity index (χ4n) is 2.19. The minimum absolute atomic E-state index is 0.169. The first-order valence-corrected chi connectivity index (χ1v) is 6.23. The SMILES string of the molecule is CC(CC(=O)N[C@@H](C)C(=O)O)C1CCCNC1. The Hall–Kier alpha value is -1.10. The molecule has 1 rings (SSSR count). The Kier molecular flexibility index (Phi) is 5.41. The van der Waals surface area contributed by atoms with Gasteiger partial charge in [-0.15, -0.1) is 0 Å². The normalized spacial score (nSPS) is 23.8. The highest BCUT2D eigenvalue weighted by Gasteiger charge is 2.23. The topological polar surface area (TPSA) is 78.4 Å². The van der Waals surface area contributed by atoms with Crippen LogP contribution in [0, 0.1) is 11.8 Å². The van der Waals surface area contributed by atoms with Crippen molar-refractivity contribution in [3.8, 4) is 0 Å². The lowest BCUT2D eigenvalue weighted by atomic mass is 9.85. The minimum atomic E-state index is -0.995. The molecule has 0 aromatic heterocycles. The van der Waals surface area contributed by atoms with Gasteiger partial charge in [0.15, 0.2) is 0 Å². The first-order chi connectivity index (χ1) is 8.00. The molecule has 0 aliphatic carbocycles. The van der Waals surface area contributed by atoms with Gasteiger partial charge in [0.1, 0.15) is 6.04 Å². The number of aliphatic carboxylic acids is 1. The van der Waals surface area contributed by atoms with Crippen LogP contribution in [0.1, 0.15) is 33.1 Å². The quantitative estimate of drug-likeness (QED) is 0.659. The van der Waals surface area contributed by atoms with Crippen molar-refractivity contribution < 1.29 is 14.7 Å². The van der Waals surface area contributed by atoms with Crippen molar-refractivity contribution in [2.75, 3.05) is 13.1 Å². The lowest BCUT2D eigenvalue weighted by molar-refractivity contribution is -0.141. The Morgan fingerprint density at radius 1 is 1.47 bits per heavy atom. The smallest absolute Gasteiger partial charge is 0.325 e. The van der Waals surface area contributed by atoms with E-state index in [-0.39, 0.29) is 5.91 Å². The zero-order valence-corrected chi connectivity index (χ0v) is 10.5. The predicted molar refractivity (Wildman–Crippen MR) is 64.6 cm³/mol. The van der Waals surface area contributed by atoms with Crippen LogP contribution in [0.5, 0.6) is 0 Å². The molecule has 0 radical (unpaired) electrons. The van der Waals surface area contributed by atoms with Gasteiger partial charge in [-0.3, -0.25) is 9.59 Å². The number of hydrogen-bond acceptors (Lipinski definition) is 3. The summed E-state index contributed by atoms with van der Waals surface area (Å²) in [6, 6.07) is -0.806. The summed E-state index contributed by atoms with van der Waals surface area (Å²) in [5.41, 5.74) is 0. The molecule has 17 heavy (non-hydrogen) atoms. The molecule has 3 atom stereocenters. The van der Waals surface area contributed by atoms with E-state index in [1.807, 2.05) is 0 Å². The third kappa shape index (κ3) is 4.73. The number of piperidine rings is 1. The number of carboxylic acids is 1. The molecule has 0 spiro atoms. The second kappa shape index (κ2) is 6.59. The second-order valence-corrected chi connectivity index (χ2v) is 4.92. The first-order valence-electron chi connectivity index (χ1n) is 6.23. The summed E-state index contributed by atoms with van der Waals surface area (Å²) >= 11 is 0. The van der Waals surface area contributed by atoms with E-state index >= 15 is 0 Å². The van der Waals surface area contributed by atoms with Gasteiger partial charge >= 0.3 is 5.97 Å². The van der Waals surface area contributed by atoms with Crippen LogP contribution in [0.25, 0.3) is 0 Å². The summed E-state index contributed by atoms with van der Waals surface area (Å²) in [4.78, 5) is 22.2. The maximum atomic E-state index is 11.6. The van der Waals surface area contributed by atoms with Crippen molar-refractivity contribution in [3.05, 3.63) is 0 Å². The average Bonchev–Trinajstić information content (AvgIpc) is 2.29. The summed E-state index contributed by atoms with van der Waals surface area (Å²) in [7, 11) is 0. The molecule has 2 unspecified atom stereocenters. The Labute approximate surface area is 102 Å². The monoisotopic (exact) mass is 242 g/mol. The highest BCUT2D eigenvalue weighted by atomic mass is 16.4. The number of carbonyl (C=O) groups is 2. The summed E-state index contributed by atoms with van der Waals surface area (Å²) < 4.78 is 0. The summed E-state index contributed by atoms with van der Waals surface area (Å²) in [6.07, 6.45) is 2.71. The maximum Gasteiger partial charge on any atom is 0.325 e. The van der Waals surface area contributed by atoms with Crippen molar-refractivity contribution in [2.24, 2.45) is 11.8 Å². The van der Waals surface area contributed by atoms with Gasteiger partial charge in [-0.1, -0.05) is 6.92 Å². The maximum absolute atomic E-state index is 11.6. The number of rotatable bonds is 5. The molecule has 3 N–H and O–H groups in total. The lowest BCUT2D eigenvalue weighted by Gasteiger charge is -2.28. The van der Waals surface area contributed by atoms with Crippen LogP contribution in [-0.2, 0) is 9.59 Å². The molecule has 98 valence electrons. The van der Waals surface area contributed by atoms with Gasteiger partial charge < -0.3 is 15.7 Å². The van der Waals surface area contributed by atoms with Gasteiger partial charge in [0.2, 0.25) is 5.91 Å². The Morgan fingerprint density at radius 3 is 2.71 bits per heavy atom. The van der Waals surface area contributed by atoms with E-state index in [0.717, 1.165) is 25.9 Å². The molecule has 1 fully saturated rings. The van der Waals surface area contributed by atoms with Crippen molar-refractivity contribution >= 4 is 11.9 Å². The Bertz CT molecular complexity index is 275. The molecule has 0 aromatic rings. The van der Waals surface area contributed by atoms with E-state index in [2.05, 4.69) is 17.6 Å². The Balaban J connectivity index is 2.31. The molecule has 1 aliphatic heterocycles. The van der Waals surface area contributed by atoms with Crippen LogP contribution in [0.4, 0.5) is 0 Å². The third-order valence-corrected chi connectivity index (χ3v) is 3.40. The van der Waals surface area contributed by atoms with Gasteiger partial charge in [0, 0.05) is 6.42 Å². The van der Waals surface area contributed by atoms with E-state index in [1.54, 1.807) is 0 Å². The van der Waals surface area contributed by atoms with Crippen molar-refractivity contribution in [1.29, 1.82) is 0 Å². The second-order valence-electron chi connectivity index (χ2n) is 4.92. The van der Waals surface area contributed by atoms with E-state index in [9.17, 15) is 9.59 Å². The van der Waals surface area contributed by atoms with Crippen LogP contribution in [0.15, 0.2) is 0 Å². The number of amides is 1. The van der Waals surface area contributed by atoms with Crippen LogP contribution in [-0.4, -0.2) is 36.1 Å². The molecule has 1 aliphatic rings.